The molecule has 1 aliphatic heterocycles. The molecule has 2 aromatic heterocycles. The van der Waals surface area contributed by atoms with Crippen molar-refractivity contribution in [1.29, 1.82) is 0 Å². The highest BCUT2D eigenvalue weighted by molar-refractivity contribution is 7.13. The van der Waals surface area contributed by atoms with E-state index in [9.17, 15) is 19.5 Å². The molecule has 0 radical (unpaired) electrons. The maximum atomic E-state index is 13.5. The highest BCUT2D eigenvalue weighted by Crippen LogP contribution is 2.45. The number of carboxylic acid groups (broad SMARTS) is 1. The third-order valence-electron chi connectivity index (χ3n) is 8.55. The molecule has 1 fully saturated rings. The number of methoxy groups -OCH3 is 1. The molecule has 1 aromatic carbocycles. The number of hydrogen-bond acceptors (Lipinski definition) is 8. The predicted octanol–water partition coefficient (Wildman–Crippen LogP) is 5.28. The number of allylic oxidation sites excluding steroid dienone is 1. The van der Waals surface area contributed by atoms with Crippen LogP contribution in [0.4, 0.5) is 4.79 Å². The zero-order chi connectivity index (χ0) is 32.3. The number of aliphatic carboxylic acids is 1. The Labute approximate surface area is 267 Å². The lowest BCUT2D eigenvalue weighted by Crippen LogP contribution is -2.55. The molecule has 3 N–H and O–H groups in total. The summed E-state index contributed by atoms with van der Waals surface area (Å²) in [4.78, 5) is 50.0. The van der Waals surface area contributed by atoms with Crippen LogP contribution in [0.25, 0.3) is 21.6 Å². The van der Waals surface area contributed by atoms with Crippen molar-refractivity contribution in [2.45, 2.75) is 70.4 Å². The van der Waals surface area contributed by atoms with E-state index >= 15 is 0 Å². The standard InChI is InChI=1S/C33H41N5O6S/c1-19(2)25-18-45-30(35-25)24-16-27(22-11-12-26(43-5)20(3)28(22)34-24)44-15-13-23-29(39)37-33(31(40)41)17-21(33)10-8-6-7-9-14-38(4)32(42)36-23/h8,10-12,16,18-19,21,23H,6-7,9,13-15,17H2,1-5H3,(H,36,42)(H,37,39)(H,40,41)/b10-8+. The van der Waals surface area contributed by atoms with E-state index in [1.807, 2.05) is 42.7 Å². The number of rotatable bonds is 8. The second-order valence-electron chi connectivity index (χ2n) is 12.1. The summed E-state index contributed by atoms with van der Waals surface area (Å²) in [6.07, 6.45) is 6.74. The summed E-state index contributed by atoms with van der Waals surface area (Å²) in [5.41, 5.74) is 1.84. The SMILES string of the molecule is COc1ccc2c(OCCC3NC(=O)N(C)CCCC/C=C/C4CC4(C(=O)O)NC3=O)cc(-c3nc(C(C)C)cs3)nc2c1C. The molecule has 45 heavy (non-hydrogen) atoms. The Morgan fingerprint density at radius 1 is 1.22 bits per heavy atom. The summed E-state index contributed by atoms with van der Waals surface area (Å²) in [5, 5.41) is 19.1. The van der Waals surface area contributed by atoms with Crippen molar-refractivity contribution in [1.82, 2.24) is 25.5 Å². The van der Waals surface area contributed by atoms with Gasteiger partial charge in [0.15, 0.2) is 0 Å². The molecule has 11 nitrogen and oxygen atoms in total. The van der Waals surface area contributed by atoms with E-state index in [1.165, 1.54) is 11.3 Å². The number of aryl methyl sites for hydroxylation is 1. The van der Waals surface area contributed by atoms with Crippen LogP contribution >= 0.6 is 11.3 Å². The van der Waals surface area contributed by atoms with E-state index in [2.05, 4.69) is 24.5 Å². The number of ether oxygens (including phenoxy) is 2. The molecule has 3 amide bonds. The number of carbonyl (C=O) groups excluding carboxylic acids is 2. The lowest BCUT2D eigenvalue weighted by atomic mass is 10.1. The van der Waals surface area contributed by atoms with Gasteiger partial charge in [0, 0.05) is 48.3 Å². The highest BCUT2D eigenvalue weighted by atomic mass is 32.1. The summed E-state index contributed by atoms with van der Waals surface area (Å²) >= 11 is 1.51. The lowest BCUT2D eigenvalue weighted by Gasteiger charge is -2.25. The first-order valence-electron chi connectivity index (χ1n) is 15.3. The monoisotopic (exact) mass is 635 g/mol. The lowest BCUT2D eigenvalue weighted by molar-refractivity contribution is -0.143. The minimum Gasteiger partial charge on any atom is -0.496 e. The third-order valence-corrected chi connectivity index (χ3v) is 9.43. The molecule has 5 rings (SSSR count). The normalized spacial score (nSPS) is 23.1. The number of fused-ring (bicyclic) bond motifs is 2. The molecule has 2 aliphatic rings. The number of nitrogens with zero attached hydrogens (tertiary/aromatic N) is 3. The highest BCUT2D eigenvalue weighted by Gasteiger charge is 2.60. The van der Waals surface area contributed by atoms with Crippen LogP contribution in [0, 0.1) is 12.8 Å². The second kappa shape index (κ2) is 13.4. The molecule has 1 aliphatic carbocycles. The molecule has 0 saturated heterocycles. The van der Waals surface area contributed by atoms with Crippen LogP contribution < -0.4 is 20.1 Å². The zero-order valence-electron chi connectivity index (χ0n) is 26.4. The average Bonchev–Trinajstić information content (AvgIpc) is 3.47. The fourth-order valence-corrected chi connectivity index (χ4v) is 6.50. The van der Waals surface area contributed by atoms with E-state index in [0.717, 1.165) is 40.9 Å². The van der Waals surface area contributed by atoms with Gasteiger partial charge in [-0.3, -0.25) is 4.79 Å². The third kappa shape index (κ3) is 6.90. The number of hydrogen-bond donors (Lipinski definition) is 3. The van der Waals surface area contributed by atoms with E-state index in [1.54, 1.807) is 19.1 Å². The molecular weight excluding hydrogens is 594 g/mol. The predicted molar refractivity (Wildman–Crippen MR) is 173 cm³/mol. The second-order valence-corrected chi connectivity index (χ2v) is 12.9. The van der Waals surface area contributed by atoms with Gasteiger partial charge in [0.25, 0.3) is 0 Å². The number of urea groups is 1. The topological polar surface area (TPSA) is 143 Å². The van der Waals surface area contributed by atoms with Gasteiger partial charge in [0.1, 0.15) is 33.8 Å². The molecule has 3 aromatic rings. The number of nitrogens with one attached hydrogen (secondary N) is 2. The van der Waals surface area contributed by atoms with E-state index in [-0.39, 0.29) is 24.9 Å². The van der Waals surface area contributed by atoms with Gasteiger partial charge in [-0.05, 0) is 50.7 Å². The average molecular weight is 636 g/mol. The smallest absolute Gasteiger partial charge is 0.330 e. The first kappa shape index (κ1) is 32.2. The van der Waals surface area contributed by atoms with Gasteiger partial charge in [-0.15, -0.1) is 11.3 Å². The Morgan fingerprint density at radius 2 is 2.02 bits per heavy atom. The first-order valence-corrected chi connectivity index (χ1v) is 16.2. The Morgan fingerprint density at radius 3 is 2.73 bits per heavy atom. The summed E-state index contributed by atoms with van der Waals surface area (Å²) < 4.78 is 11.9. The number of pyridine rings is 1. The van der Waals surface area contributed by atoms with Crippen molar-refractivity contribution >= 4 is 40.1 Å². The van der Waals surface area contributed by atoms with E-state index < -0.39 is 29.5 Å². The quantitative estimate of drug-likeness (QED) is 0.284. The Bertz CT molecular complexity index is 1620. The molecule has 0 bridgehead atoms. The maximum Gasteiger partial charge on any atom is 0.330 e. The van der Waals surface area contributed by atoms with Gasteiger partial charge in [-0.2, -0.15) is 0 Å². The van der Waals surface area contributed by atoms with Crippen molar-refractivity contribution in [2.24, 2.45) is 5.92 Å². The molecular formula is C33H41N5O6S. The van der Waals surface area contributed by atoms with Crippen LogP contribution in [0.2, 0.25) is 0 Å². The molecule has 1 saturated carbocycles. The van der Waals surface area contributed by atoms with Crippen LogP contribution in [0.3, 0.4) is 0 Å². The van der Waals surface area contributed by atoms with Crippen LogP contribution in [-0.4, -0.2) is 76.8 Å². The van der Waals surface area contributed by atoms with Gasteiger partial charge in [-0.1, -0.05) is 26.0 Å². The van der Waals surface area contributed by atoms with Gasteiger partial charge in [-0.25, -0.2) is 19.6 Å². The first-order chi connectivity index (χ1) is 21.5. The minimum absolute atomic E-state index is 0.0736. The van der Waals surface area contributed by atoms with Crippen molar-refractivity contribution in [3.63, 3.8) is 0 Å². The van der Waals surface area contributed by atoms with Crippen molar-refractivity contribution in [2.75, 3.05) is 27.3 Å². The van der Waals surface area contributed by atoms with Crippen molar-refractivity contribution in [3.05, 3.63) is 47.0 Å². The summed E-state index contributed by atoms with van der Waals surface area (Å²) in [6, 6.07) is 4.18. The minimum atomic E-state index is -1.37. The fraction of sp³-hybridized carbons (Fsp3) is 0.485. The van der Waals surface area contributed by atoms with E-state index in [4.69, 9.17) is 19.4 Å². The van der Waals surface area contributed by atoms with E-state index in [0.29, 0.717) is 35.7 Å². The van der Waals surface area contributed by atoms with Gasteiger partial charge >= 0.3 is 12.0 Å². The number of thiazole rings is 1. The molecule has 3 heterocycles. The van der Waals surface area contributed by atoms with Crippen molar-refractivity contribution < 1.29 is 29.0 Å². The Balaban J connectivity index is 1.42. The van der Waals surface area contributed by atoms with Crippen molar-refractivity contribution in [3.8, 4) is 22.2 Å². The number of benzene rings is 1. The fourth-order valence-electron chi connectivity index (χ4n) is 5.56. The molecule has 12 heteroatoms. The largest absolute Gasteiger partial charge is 0.496 e. The molecule has 240 valence electrons. The number of carboxylic acids is 1. The van der Waals surface area contributed by atoms with Crippen LogP contribution in [-0.2, 0) is 9.59 Å². The van der Waals surface area contributed by atoms with Gasteiger partial charge in [0.2, 0.25) is 5.91 Å². The molecule has 3 unspecified atom stereocenters. The Hall–Kier alpha value is -4.19. The van der Waals surface area contributed by atoms with Crippen LogP contribution in [0.5, 0.6) is 11.5 Å². The number of amides is 3. The number of carbonyl (C=O) groups is 3. The Kier molecular flexibility index (Phi) is 9.62. The van der Waals surface area contributed by atoms with Crippen LogP contribution in [0.1, 0.15) is 63.1 Å². The van der Waals surface area contributed by atoms with Gasteiger partial charge in [0.05, 0.1) is 24.9 Å². The number of aromatic nitrogens is 2. The summed E-state index contributed by atoms with van der Waals surface area (Å²) in [7, 11) is 3.30. The summed E-state index contributed by atoms with van der Waals surface area (Å²) in [5.74, 6) is -0.400. The van der Waals surface area contributed by atoms with Gasteiger partial charge < -0.3 is 30.1 Å². The molecule has 3 atom stereocenters. The van der Waals surface area contributed by atoms with Crippen LogP contribution in [0.15, 0.2) is 35.7 Å². The maximum absolute atomic E-state index is 13.5. The zero-order valence-corrected chi connectivity index (χ0v) is 27.2. The summed E-state index contributed by atoms with van der Waals surface area (Å²) in [6.45, 7) is 6.73. The molecule has 0 spiro atoms.